The molecule has 1 aromatic heterocycles. The van der Waals surface area contributed by atoms with Gasteiger partial charge in [0.05, 0.1) is 12.2 Å². The molecule has 3 rings (SSSR count). The highest BCUT2D eigenvalue weighted by Gasteiger charge is 2.26. The number of rotatable bonds is 6. The van der Waals surface area contributed by atoms with Gasteiger partial charge in [-0.15, -0.1) is 24.8 Å². The second-order valence-electron chi connectivity index (χ2n) is 6.69. The minimum absolute atomic E-state index is 0. The van der Waals surface area contributed by atoms with Crippen LogP contribution in [0.5, 0.6) is 0 Å². The molecule has 0 aliphatic heterocycles. The molecule has 1 aromatic carbocycles. The Labute approximate surface area is 177 Å². The average Bonchev–Trinajstić information content (AvgIpc) is 3.05. The maximum absolute atomic E-state index is 12.3. The predicted molar refractivity (Wildman–Crippen MR) is 115 cm³/mol. The lowest BCUT2D eigenvalue weighted by atomic mass is 10.00. The molecule has 8 heteroatoms. The van der Waals surface area contributed by atoms with Crippen molar-refractivity contribution in [1.82, 2.24) is 10.3 Å². The van der Waals surface area contributed by atoms with Gasteiger partial charge < -0.3 is 16.4 Å². The number of nitrogens with zero attached hydrogens (tertiary/aromatic N) is 1. The number of anilines is 1. The van der Waals surface area contributed by atoms with E-state index in [9.17, 15) is 9.59 Å². The summed E-state index contributed by atoms with van der Waals surface area (Å²) in [6, 6.07) is 12.6. The molecule has 0 bridgehead atoms. The highest BCUT2D eigenvalue weighted by molar-refractivity contribution is 5.97. The van der Waals surface area contributed by atoms with Gasteiger partial charge in [0.25, 0.3) is 5.91 Å². The number of halogens is 2. The number of aromatic nitrogens is 1. The SMILES string of the molecule is Cl.Cl.N[C@@H]1CCC[C@H]1CC(=O)Nc1cccc(C(=O)NCc2ccccn2)c1. The Morgan fingerprint density at radius 1 is 1.11 bits per heavy atom. The molecule has 0 spiro atoms. The second kappa shape index (κ2) is 11.6. The van der Waals surface area contributed by atoms with E-state index in [1.165, 1.54) is 0 Å². The fourth-order valence-corrected chi connectivity index (χ4v) is 3.28. The molecule has 6 nitrogen and oxygen atoms in total. The van der Waals surface area contributed by atoms with E-state index in [0.29, 0.717) is 24.2 Å². The molecule has 2 amide bonds. The summed E-state index contributed by atoms with van der Waals surface area (Å²) in [4.78, 5) is 28.7. The highest BCUT2D eigenvalue weighted by Crippen LogP contribution is 2.27. The van der Waals surface area contributed by atoms with Crippen molar-refractivity contribution in [3.63, 3.8) is 0 Å². The van der Waals surface area contributed by atoms with Gasteiger partial charge in [0, 0.05) is 29.9 Å². The van der Waals surface area contributed by atoms with Crippen LogP contribution in [0.4, 0.5) is 5.69 Å². The maximum Gasteiger partial charge on any atom is 0.251 e. The van der Waals surface area contributed by atoms with E-state index in [1.54, 1.807) is 30.5 Å². The smallest absolute Gasteiger partial charge is 0.251 e. The van der Waals surface area contributed by atoms with Crippen molar-refractivity contribution in [2.24, 2.45) is 11.7 Å². The lowest BCUT2D eigenvalue weighted by Crippen LogP contribution is -2.28. The molecule has 2 aromatic rings. The van der Waals surface area contributed by atoms with Crippen molar-refractivity contribution >= 4 is 42.3 Å². The van der Waals surface area contributed by atoms with Crippen molar-refractivity contribution in [1.29, 1.82) is 0 Å². The van der Waals surface area contributed by atoms with Crippen molar-refractivity contribution in [2.75, 3.05) is 5.32 Å². The molecule has 1 aliphatic rings. The van der Waals surface area contributed by atoms with E-state index in [2.05, 4.69) is 15.6 Å². The summed E-state index contributed by atoms with van der Waals surface area (Å²) in [5.74, 6) is -0.0113. The van der Waals surface area contributed by atoms with Crippen molar-refractivity contribution in [2.45, 2.75) is 38.3 Å². The number of hydrogen-bond donors (Lipinski definition) is 3. The van der Waals surface area contributed by atoms with Crippen LogP contribution < -0.4 is 16.4 Å². The summed E-state index contributed by atoms with van der Waals surface area (Å²) < 4.78 is 0. The number of benzene rings is 1. The Bertz CT molecular complexity index is 774. The predicted octanol–water partition coefficient (Wildman–Crippen LogP) is 3.31. The van der Waals surface area contributed by atoms with Crippen molar-refractivity contribution in [3.05, 3.63) is 59.9 Å². The first-order valence-corrected chi connectivity index (χ1v) is 8.95. The number of nitrogens with one attached hydrogen (secondary N) is 2. The van der Waals surface area contributed by atoms with E-state index >= 15 is 0 Å². The van der Waals surface area contributed by atoms with Gasteiger partial charge in [0.2, 0.25) is 5.91 Å². The fraction of sp³-hybridized carbons (Fsp3) is 0.350. The molecular formula is C20H26Cl2N4O2. The summed E-state index contributed by atoms with van der Waals surface area (Å²) in [7, 11) is 0. The Kier molecular flexibility index (Phi) is 9.93. The van der Waals surface area contributed by atoms with Crippen LogP contribution in [0.2, 0.25) is 0 Å². The molecule has 0 unspecified atom stereocenters. The number of pyridine rings is 1. The molecule has 1 heterocycles. The summed E-state index contributed by atoms with van der Waals surface area (Å²) in [6.07, 6.45) is 5.20. The Balaban J connectivity index is 0.00000196. The Morgan fingerprint density at radius 3 is 2.61 bits per heavy atom. The topological polar surface area (TPSA) is 97.1 Å². The van der Waals surface area contributed by atoms with E-state index in [0.717, 1.165) is 25.0 Å². The standard InChI is InChI=1S/C20H24N4O2.2ClH/c21-18-9-4-5-14(18)12-19(25)24-16-8-3-6-15(11-16)20(26)23-13-17-7-1-2-10-22-17;;/h1-3,6-8,10-11,14,18H,4-5,9,12-13,21H2,(H,23,26)(H,24,25);2*1H/t14-,18+;;/m0../s1. The van der Waals surface area contributed by atoms with Gasteiger partial charge in [-0.3, -0.25) is 14.6 Å². The van der Waals surface area contributed by atoms with Gasteiger partial charge in [0.15, 0.2) is 0 Å². The zero-order valence-electron chi connectivity index (χ0n) is 15.5. The largest absolute Gasteiger partial charge is 0.346 e. The first kappa shape index (κ1) is 23.9. The van der Waals surface area contributed by atoms with Crippen LogP contribution in [0.15, 0.2) is 48.7 Å². The quantitative estimate of drug-likeness (QED) is 0.662. The van der Waals surface area contributed by atoms with Gasteiger partial charge in [-0.1, -0.05) is 18.6 Å². The van der Waals surface area contributed by atoms with Gasteiger partial charge in [-0.25, -0.2) is 0 Å². The lowest BCUT2D eigenvalue weighted by molar-refractivity contribution is -0.117. The summed E-state index contributed by atoms with van der Waals surface area (Å²) in [5.41, 5.74) is 7.93. The molecule has 2 atom stereocenters. The first-order chi connectivity index (χ1) is 12.6. The average molecular weight is 425 g/mol. The normalized spacial score (nSPS) is 17.8. The van der Waals surface area contributed by atoms with Crippen LogP contribution >= 0.6 is 24.8 Å². The third-order valence-electron chi connectivity index (χ3n) is 4.73. The van der Waals surface area contributed by atoms with Crippen LogP contribution in [0.25, 0.3) is 0 Å². The van der Waals surface area contributed by atoms with Gasteiger partial charge in [0.1, 0.15) is 0 Å². The molecule has 4 N–H and O–H groups in total. The zero-order valence-corrected chi connectivity index (χ0v) is 17.1. The summed E-state index contributed by atoms with van der Waals surface area (Å²) >= 11 is 0. The fourth-order valence-electron chi connectivity index (χ4n) is 3.28. The van der Waals surface area contributed by atoms with Crippen LogP contribution in [0, 0.1) is 5.92 Å². The van der Waals surface area contributed by atoms with Crippen LogP contribution in [-0.2, 0) is 11.3 Å². The number of nitrogens with two attached hydrogens (primary N) is 1. The number of carbonyl (C=O) groups is 2. The van der Waals surface area contributed by atoms with Crippen LogP contribution in [0.1, 0.15) is 41.7 Å². The molecule has 0 saturated heterocycles. The van der Waals surface area contributed by atoms with Crippen molar-refractivity contribution < 1.29 is 9.59 Å². The first-order valence-electron chi connectivity index (χ1n) is 8.95. The van der Waals surface area contributed by atoms with Crippen LogP contribution in [-0.4, -0.2) is 22.8 Å². The minimum atomic E-state index is -0.204. The zero-order chi connectivity index (χ0) is 18.4. The van der Waals surface area contributed by atoms with E-state index in [-0.39, 0.29) is 48.6 Å². The summed E-state index contributed by atoms with van der Waals surface area (Å²) in [5, 5.41) is 5.70. The Hall–Kier alpha value is -2.15. The molecular weight excluding hydrogens is 399 g/mol. The third kappa shape index (κ3) is 6.78. The minimum Gasteiger partial charge on any atom is -0.346 e. The van der Waals surface area contributed by atoms with Gasteiger partial charge >= 0.3 is 0 Å². The monoisotopic (exact) mass is 424 g/mol. The van der Waals surface area contributed by atoms with E-state index in [1.807, 2.05) is 18.2 Å². The van der Waals surface area contributed by atoms with Gasteiger partial charge in [-0.05, 0) is 49.1 Å². The molecule has 1 fully saturated rings. The number of hydrogen-bond acceptors (Lipinski definition) is 4. The van der Waals surface area contributed by atoms with E-state index < -0.39 is 0 Å². The maximum atomic E-state index is 12.3. The third-order valence-corrected chi connectivity index (χ3v) is 4.73. The van der Waals surface area contributed by atoms with Gasteiger partial charge in [-0.2, -0.15) is 0 Å². The van der Waals surface area contributed by atoms with Crippen molar-refractivity contribution in [3.8, 4) is 0 Å². The lowest BCUT2D eigenvalue weighted by Gasteiger charge is -2.15. The molecule has 1 aliphatic carbocycles. The van der Waals surface area contributed by atoms with Crippen LogP contribution in [0.3, 0.4) is 0 Å². The highest BCUT2D eigenvalue weighted by atomic mass is 35.5. The second-order valence-corrected chi connectivity index (χ2v) is 6.69. The molecule has 1 saturated carbocycles. The number of carbonyl (C=O) groups excluding carboxylic acids is 2. The molecule has 28 heavy (non-hydrogen) atoms. The molecule has 152 valence electrons. The number of amides is 2. The molecule has 0 radical (unpaired) electrons. The van der Waals surface area contributed by atoms with E-state index in [4.69, 9.17) is 5.73 Å². The Morgan fingerprint density at radius 2 is 1.93 bits per heavy atom. The summed E-state index contributed by atoms with van der Waals surface area (Å²) in [6.45, 7) is 0.357.